The van der Waals surface area contributed by atoms with Crippen LogP contribution in [-0.4, -0.2) is 16.0 Å². The second-order valence-electron chi connectivity index (χ2n) is 1.44. The van der Waals surface area contributed by atoms with Crippen molar-refractivity contribution in [2.24, 2.45) is 0 Å². The van der Waals surface area contributed by atoms with Gasteiger partial charge in [0.2, 0.25) is 0 Å². The highest BCUT2D eigenvalue weighted by molar-refractivity contribution is 7.99. The van der Waals surface area contributed by atoms with Crippen LogP contribution in [-0.2, 0) is 0 Å². The zero-order valence-electron chi connectivity index (χ0n) is 4.82. The number of hydrogen-bond donors (Lipinski definition) is 1. The predicted molar refractivity (Wildman–Crippen MR) is 37.2 cm³/mol. The van der Waals surface area contributed by atoms with Gasteiger partial charge in [-0.2, -0.15) is 0 Å². The molecule has 1 aromatic heterocycles. The molecule has 0 aliphatic rings. The molecule has 0 saturated heterocycles. The van der Waals surface area contributed by atoms with Gasteiger partial charge in [-0.05, 0) is 12.1 Å². The summed E-state index contributed by atoms with van der Waals surface area (Å²) in [4.78, 5) is 3.97. The number of pyridine rings is 1. The lowest BCUT2D eigenvalue weighted by Gasteiger charge is -1.91. The lowest BCUT2D eigenvalue weighted by molar-refractivity contribution is 0.375. The van der Waals surface area contributed by atoms with Crippen LogP contribution in [0.2, 0.25) is 0 Å². The molecule has 48 valence electrons. The number of aliphatic hydroxyl groups excluding tert-OH is 1. The van der Waals surface area contributed by atoms with Crippen molar-refractivity contribution in [1.29, 1.82) is 0 Å². The molecule has 0 spiro atoms. The minimum atomic E-state index is 0.0943. The number of rotatable bonds is 2. The largest absolute Gasteiger partial charge is 0.385 e. The fraction of sp³-hybridized carbons (Fsp3) is 0.167. The van der Waals surface area contributed by atoms with E-state index >= 15 is 0 Å². The van der Waals surface area contributed by atoms with Crippen molar-refractivity contribution in [2.45, 2.75) is 5.03 Å². The summed E-state index contributed by atoms with van der Waals surface area (Å²) in [5.74, 6) is 0.0943. The Labute approximate surface area is 57.9 Å². The zero-order chi connectivity index (χ0) is 6.53. The molecular weight excluding hydrogens is 134 g/mol. The SMILES string of the molecule is OCSc1ccccn1. The number of aliphatic hydroxyl groups is 1. The van der Waals surface area contributed by atoms with Gasteiger partial charge in [-0.3, -0.25) is 0 Å². The highest BCUT2D eigenvalue weighted by Gasteiger charge is 1.87. The first-order valence-corrected chi connectivity index (χ1v) is 3.57. The molecule has 0 saturated carbocycles. The van der Waals surface area contributed by atoms with Crippen molar-refractivity contribution >= 4 is 11.8 Å². The van der Waals surface area contributed by atoms with Crippen molar-refractivity contribution in [3.8, 4) is 0 Å². The summed E-state index contributed by atoms with van der Waals surface area (Å²) in [6.45, 7) is 0. The summed E-state index contributed by atoms with van der Waals surface area (Å²) in [6, 6.07) is 5.60. The monoisotopic (exact) mass is 141 g/mol. The van der Waals surface area contributed by atoms with Gasteiger partial charge in [0.1, 0.15) is 0 Å². The van der Waals surface area contributed by atoms with Gasteiger partial charge in [0.05, 0.1) is 11.0 Å². The number of hydrogen-bond acceptors (Lipinski definition) is 3. The maximum absolute atomic E-state index is 8.44. The molecule has 3 heteroatoms. The average Bonchev–Trinajstić information content (AvgIpc) is 1.91. The van der Waals surface area contributed by atoms with E-state index in [2.05, 4.69) is 4.98 Å². The van der Waals surface area contributed by atoms with Gasteiger partial charge in [0, 0.05) is 6.20 Å². The van der Waals surface area contributed by atoms with E-state index < -0.39 is 0 Å². The topological polar surface area (TPSA) is 33.1 Å². The van der Waals surface area contributed by atoms with E-state index in [0.29, 0.717) is 0 Å². The summed E-state index contributed by atoms with van der Waals surface area (Å²) >= 11 is 1.32. The van der Waals surface area contributed by atoms with Gasteiger partial charge in [-0.15, -0.1) is 0 Å². The molecule has 1 heterocycles. The van der Waals surface area contributed by atoms with E-state index in [1.165, 1.54) is 11.8 Å². The summed E-state index contributed by atoms with van der Waals surface area (Å²) in [7, 11) is 0. The minimum absolute atomic E-state index is 0.0943. The fourth-order valence-electron chi connectivity index (χ4n) is 0.499. The van der Waals surface area contributed by atoms with Crippen LogP contribution in [0.1, 0.15) is 0 Å². The van der Waals surface area contributed by atoms with Gasteiger partial charge in [0.25, 0.3) is 0 Å². The molecule has 0 bridgehead atoms. The van der Waals surface area contributed by atoms with E-state index in [9.17, 15) is 0 Å². The number of aromatic nitrogens is 1. The first kappa shape index (κ1) is 6.58. The Kier molecular flexibility index (Phi) is 2.54. The molecule has 2 nitrogen and oxygen atoms in total. The fourth-order valence-corrected chi connectivity index (χ4v) is 0.941. The maximum Gasteiger partial charge on any atom is 0.0981 e. The summed E-state index contributed by atoms with van der Waals surface area (Å²) in [6.07, 6.45) is 1.71. The van der Waals surface area contributed by atoms with Gasteiger partial charge in [-0.25, -0.2) is 4.98 Å². The second kappa shape index (κ2) is 3.48. The van der Waals surface area contributed by atoms with E-state index in [1.807, 2.05) is 18.2 Å². The van der Waals surface area contributed by atoms with Crippen LogP contribution < -0.4 is 0 Å². The van der Waals surface area contributed by atoms with Crippen molar-refractivity contribution < 1.29 is 5.11 Å². The summed E-state index contributed by atoms with van der Waals surface area (Å²) in [5, 5.41) is 9.30. The average molecular weight is 141 g/mol. The summed E-state index contributed by atoms with van der Waals surface area (Å²) in [5.41, 5.74) is 0. The van der Waals surface area contributed by atoms with Crippen LogP contribution in [0.3, 0.4) is 0 Å². The highest BCUT2D eigenvalue weighted by atomic mass is 32.2. The second-order valence-corrected chi connectivity index (χ2v) is 2.41. The molecule has 9 heavy (non-hydrogen) atoms. The molecule has 0 aliphatic heterocycles. The Morgan fingerprint density at radius 2 is 2.44 bits per heavy atom. The standard InChI is InChI=1S/C6H7NOS/c8-5-9-6-3-1-2-4-7-6/h1-4,8H,5H2. The zero-order valence-corrected chi connectivity index (χ0v) is 5.64. The lowest BCUT2D eigenvalue weighted by atomic mass is 10.5. The molecule has 1 rings (SSSR count). The van der Waals surface area contributed by atoms with E-state index in [0.717, 1.165) is 5.03 Å². The third kappa shape index (κ3) is 2.03. The Balaban J connectivity index is 2.61. The molecule has 0 fully saturated rings. The van der Waals surface area contributed by atoms with Crippen molar-refractivity contribution in [2.75, 3.05) is 5.94 Å². The van der Waals surface area contributed by atoms with E-state index in [4.69, 9.17) is 5.11 Å². The molecule has 0 radical (unpaired) electrons. The van der Waals surface area contributed by atoms with Gasteiger partial charge in [-0.1, -0.05) is 17.8 Å². The Morgan fingerprint density at radius 1 is 1.56 bits per heavy atom. The van der Waals surface area contributed by atoms with Crippen LogP contribution in [0, 0.1) is 0 Å². The van der Waals surface area contributed by atoms with Crippen molar-refractivity contribution in [3.63, 3.8) is 0 Å². The third-order valence-corrected chi connectivity index (χ3v) is 1.52. The maximum atomic E-state index is 8.44. The number of thioether (sulfide) groups is 1. The molecule has 1 N–H and O–H groups in total. The highest BCUT2D eigenvalue weighted by Crippen LogP contribution is 2.10. The molecule has 0 aromatic carbocycles. The Morgan fingerprint density at radius 3 is 3.00 bits per heavy atom. The van der Waals surface area contributed by atoms with Gasteiger partial charge >= 0.3 is 0 Å². The van der Waals surface area contributed by atoms with Crippen molar-refractivity contribution in [3.05, 3.63) is 24.4 Å². The van der Waals surface area contributed by atoms with Crippen LogP contribution in [0.5, 0.6) is 0 Å². The van der Waals surface area contributed by atoms with Crippen LogP contribution in [0.4, 0.5) is 0 Å². The van der Waals surface area contributed by atoms with Crippen LogP contribution in [0.15, 0.2) is 29.4 Å². The first-order valence-electron chi connectivity index (χ1n) is 2.58. The quantitative estimate of drug-likeness (QED) is 0.495. The Hall–Kier alpha value is -0.540. The normalized spacial score (nSPS) is 9.44. The van der Waals surface area contributed by atoms with Crippen molar-refractivity contribution in [1.82, 2.24) is 4.98 Å². The number of nitrogens with zero attached hydrogens (tertiary/aromatic N) is 1. The van der Waals surface area contributed by atoms with Gasteiger partial charge < -0.3 is 5.11 Å². The Bertz CT molecular complexity index is 166. The van der Waals surface area contributed by atoms with E-state index in [-0.39, 0.29) is 5.94 Å². The predicted octanol–water partition coefficient (Wildman–Crippen LogP) is 1.12. The smallest absolute Gasteiger partial charge is 0.0981 e. The molecular formula is C6H7NOS. The lowest BCUT2D eigenvalue weighted by Crippen LogP contribution is -1.77. The molecule has 0 aliphatic carbocycles. The minimum Gasteiger partial charge on any atom is -0.385 e. The van der Waals surface area contributed by atoms with E-state index in [1.54, 1.807) is 6.20 Å². The van der Waals surface area contributed by atoms with Crippen LogP contribution >= 0.6 is 11.8 Å². The molecule has 1 aromatic rings. The molecule has 0 unspecified atom stereocenters. The van der Waals surface area contributed by atoms with Crippen LogP contribution in [0.25, 0.3) is 0 Å². The molecule has 0 atom stereocenters. The first-order chi connectivity index (χ1) is 4.43. The third-order valence-electron chi connectivity index (χ3n) is 0.850. The van der Waals surface area contributed by atoms with Gasteiger partial charge in [0.15, 0.2) is 0 Å². The summed E-state index contributed by atoms with van der Waals surface area (Å²) < 4.78 is 0. The molecule has 0 amide bonds.